The van der Waals surface area contributed by atoms with Crippen molar-refractivity contribution in [2.24, 2.45) is 0 Å². The number of nitrogens with one attached hydrogen (secondary N) is 1. The Labute approximate surface area is 193 Å². The average molecular weight is 457 g/mol. The van der Waals surface area contributed by atoms with Gasteiger partial charge in [0.25, 0.3) is 5.91 Å². The standard InChI is InChI=1S/C24H20N6O2S/c1-14-15(2)29-30(16(14)3)22-11-23(26-12-25-22)32-19-7-5-18(6-8-19)28-24(31)17-4-9-20-21(10-17)33-13-27-20/h4-13H,1-3H3,(H,28,31). The van der Waals surface area contributed by atoms with Gasteiger partial charge in [0.15, 0.2) is 5.82 Å². The van der Waals surface area contributed by atoms with Gasteiger partial charge in [-0.2, -0.15) is 5.10 Å². The van der Waals surface area contributed by atoms with Crippen LogP contribution in [0.25, 0.3) is 16.0 Å². The molecule has 0 radical (unpaired) electrons. The Morgan fingerprint density at radius 1 is 1.00 bits per heavy atom. The molecular weight excluding hydrogens is 436 g/mol. The number of fused-ring (bicyclic) bond motifs is 1. The van der Waals surface area contributed by atoms with Gasteiger partial charge in [0, 0.05) is 23.0 Å². The van der Waals surface area contributed by atoms with Gasteiger partial charge in [0.1, 0.15) is 12.1 Å². The molecule has 8 nitrogen and oxygen atoms in total. The lowest BCUT2D eigenvalue weighted by Crippen LogP contribution is -2.11. The van der Waals surface area contributed by atoms with Crippen molar-refractivity contribution in [1.82, 2.24) is 24.7 Å². The Kier molecular flexibility index (Phi) is 5.31. The predicted molar refractivity (Wildman–Crippen MR) is 127 cm³/mol. The molecule has 0 aliphatic heterocycles. The van der Waals surface area contributed by atoms with Gasteiger partial charge in [-0.1, -0.05) is 0 Å². The van der Waals surface area contributed by atoms with E-state index in [4.69, 9.17) is 4.74 Å². The molecule has 0 saturated heterocycles. The van der Waals surface area contributed by atoms with E-state index in [9.17, 15) is 4.79 Å². The average Bonchev–Trinajstić information content (AvgIpc) is 3.40. The Bertz CT molecular complexity index is 1470. The topological polar surface area (TPSA) is 94.8 Å². The first kappa shape index (κ1) is 20.8. The summed E-state index contributed by atoms with van der Waals surface area (Å²) in [7, 11) is 0. The molecule has 5 rings (SSSR count). The van der Waals surface area contributed by atoms with Crippen molar-refractivity contribution in [3.05, 3.63) is 82.9 Å². The monoisotopic (exact) mass is 456 g/mol. The fourth-order valence-corrected chi connectivity index (χ4v) is 4.09. The smallest absolute Gasteiger partial charge is 0.255 e. The molecule has 0 saturated carbocycles. The molecule has 0 aliphatic rings. The molecule has 33 heavy (non-hydrogen) atoms. The van der Waals surface area contributed by atoms with Crippen LogP contribution in [0.4, 0.5) is 5.69 Å². The van der Waals surface area contributed by atoms with Crippen molar-refractivity contribution in [3.8, 4) is 17.4 Å². The zero-order chi connectivity index (χ0) is 22.9. The van der Waals surface area contributed by atoms with Crippen molar-refractivity contribution in [2.45, 2.75) is 20.8 Å². The number of anilines is 1. The lowest BCUT2D eigenvalue weighted by Gasteiger charge is -2.09. The van der Waals surface area contributed by atoms with E-state index in [0.717, 1.165) is 27.2 Å². The summed E-state index contributed by atoms with van der Waals surface area (Å²) in [5.74, 6) is 1.45. The highest BCUT2D eigenvalue weighted by molar-refractivity contribution is 7.16. The van der Waals surface area contributed by atoms with Crippen LogP contribution in [0.1, 0.15) is 27.3 Å². The molecule has 0 atom stereocenters. The molecule has 1 N–H and O–H groups in total. The Hall–Kier alpha value is -4.11. The number of carbonyl (C=O) groups excluding carboxylic acids is 1. The molecule has 0 bridgehead atoms. The summed E-state index contributed by atoms with van der Waals surface area (Å²) in [4.78, 5) is 25.4. The second-order valence-electron chi connectivity index (χ2n) is 7.54. The first-order chi connectivity index (χ1) is 16.0. The maximum Gasteiger partial charge on any atom is 0.255 e. The van der Waals surface area contributed by atoms with Gasteiger partial charge in [-0.05, 0) is 68.8 Å². The van der Waals surface area contributed by atoms with E-state index in [-0.39, 0.29) is 5.91 Å². The van der Waals surface area contributed by atoms with Crippen molar-refractivity contribution >= 4 is 33.1 Å². The third kappa shape index (κ3) is 4.18. The summed E-state index contributed by atoms with van der Waals surface area (Å²) in [6.45, 7) is 6.00. The minimum absolute atomic E-state index is 0.181. The van der Waals surface area contributed by atoms with E-state index < -0.39 is 0 Å². The van der Waals surface area contributed by atoms with Crippen LogP contribution in [0.5, 0.6) is 11.6 Å². The Balaban J connectivity index is 1.29. The third-order valence-electron chi connectivity index (χ3n) is 5.43. The second kappa shape index (κ2) is 8.44. The van der Waals surface area contributed by atoms with Crippen LogP contribution in [0.2, 0.25) is 0 Å². The highest BCUT2D eigenvalue weighted by Gasteiger charge is 2.12. The lowest BCUT2D eigenvalue weighted by atomic mass is 10.2. The van der Waals surface area contributed by atoms with Gasteiger partial charge in [0.2, 0.25) is 5.88 Å². The first-order valence-electron chi connectivity index (χ1n) is 10.3. The molecule has 1 amide bonds. The molecule has 0 unspecified atom stereocenters. The molecule has 3 heterocycles. The van der Waals surface area contributed by atoms with Crippen LogP contribution in [0.3, 0.4) is 0 Å². The van der Waals surface area contributed by atoms with E-state index in [1.807, 2.05) is 32.9 Å². The van der Waals surface area contributed by atoms with Crippen molar-refractivity contribution in [2.75, 3.05) is 5.32 Å². The first-order valence-corrected chi connectivity index (χ1v) is 11.1. The van der Waals surface area contributed by atoms with Crippen molar-refractivity contribution in [1.29, 1.82) is 0 Å². The van der Waals surface area contributed by atoms with Gasteiger partial charge < -0.3 is 10.1 Å². The van der Waals surface area contributed by atoms with E-state index in [1.54, 1.807) is 46.6 Å². The van der Waals surface area contributed by atoms with Crippen LogP contribution in [0.15, 0.2) is 60.4 Å². The van der Waals surface area contributed by atoms with Crippen LogP contribution < -0.4 is 10.1 Å². The van der Waals surface area contributed by atoms with Crippen LogP contribution in [-0.2, 0) is 0 Å². The number of nitrogens with zero attached hydrogens (tertiary/aromatic N) is 5. The quantitative estimate of drug-likeness (QED) is 0.389. The van der Waals surface area contributed by atoms with E-state index >= 15 is 0 Å². The van der Waals surface area contributed by atoms with Gasteiger partial charge in [-0.15, -0.1) is 11.3 Å². The molecule has 5 aromatic rings. The molecule has 0 fully saturated rings. The molecule has 3 aromatic heterocycles. The SMILES string of the molecule is Cc1nn(-c2cc(Oc3ccc(NC(=O)c4ccc5ncsc5c4)cc3)ncn2)c(C)c1C. The van der Waals surface area contributed by atoms with Gasteiger partial charge in [-0.3, -0.25) is 4.79 Å². The Morgan fingerprint density at radius 2 is 1.82 bits per heavy atom. The minimum Gasteiger partial charge on any atom is -0.439 e. The molecule has 164 valence electrons. The summed E-state index contributed by atoms with van der Waals surface area (Å²) >= 11 is 1.51. The summed E-state index contributed by atoms with van der Waals surface area (Å²) in [6, 6.07) is 14.3. The highest BCUT2D eigenvalue weighted by atomic mass is 32.1. The second-order valence-corrected chi connectivity index (χ2v) is 8.42. The van der Waals surface area contributed by atoms with Crippen LogP contribution in [-0.4, -0.2) is 30.6 Å². The van der Waals surface area contributed by atoms with Crippen molar-refractivity contribution in [3.63, 3.8) is 0 Å². The van der Waals surface area contributed by atoms with Gasteiger partial charge >= 0.3 is 0 Å². The van der Waals surface area contributed by atoms with E-state index in [1.165, 1.54) is 17.7 Å². The number of aryl methyl sites for hydroxylation is 1. The number of carbonyl (C=O) groups is 1. The number of hydrogen-bond donors (Lipinski definition) is 1. The third-order valence-corrected chi connectivity index (χ3v) is 6.22. The molecule has 2 aromatic carbocycles. The number of benzene rings is 2. The molecule has 9 heteroatoms. The number of ether oxygens (including phenoxy) is 1. The summed E-state index contributed by atoms with van der Waals surface area (Å²) in [5, 5.41) is 7.44. The number of thiazole rings is 1. The minimum atomic E-state index is -0.181. The normalized spacial score (nSPS) is 11.0. The highest BCUT2D eigenvalue weighted by Crippen LogP contribution is 2.24. The number of rotatable bonds is 5. The zero-order valence-corrected chi connectivity index (χ0v) is 19.1. The van der Waals surface area contributed by atoms with E-state index in [2.05, 4.69) is 25.4 Å². The molecular formula is C24H20N6O2S. The maximum atomic E-state index is 12.6. The molecule has 0 aliphatic carbocycles. The van der Waals surface area contributed by atoms with Gasteiger partial charge in [0.05, 0.1) is 21.4 Å². The van der Waals surface area contributed by atoms with Crippen LogP contribution >= 0.6 is 11.3 Å². The number of amides is 1. The zero-order valence-electron chi connectivity index (χ0n) is 18.2. The fourth-order valence-electron chi connectivity index (χ4n) is 3.37. The maximum absolute atomic E-state index is 12.6. The van der Waals surface area contributed by atoms with Crippen LogP contribution in [0, 0.1) is 20.8 Å². The largest absolute Gasteiger partial charge is 0.439 e. The number of aromatic nitrogens is 5. The summed E-state index contributed by atoms with van der Waals surface area (Å²) < 4.78 is 8.65. The summed E-state index contributed by atoms with van der Waals surface area (Å²) in [5.41, 5.74) is 7.01. The van der Waals surface area contributed by atoms with Crippen molar-refractivity contribution < 1.29 is 9.53 Å². The van der Waals surface area contributed by atoms with Gasteiger partial charge in [-0.25, -0.2) is 19.6 Å². The fraction of sp³-hybridized carbons (Fsp3) is 0.125. The van der Waals surface area contributed by atoms with E-state index in [0.29, 0.717) is 28.7 Å². The Morgan fingerprint density at radius 3 is 2.58 bits per heavy atom. The number of hydrogen-bond acceptors (Lipinski definition) is 7. The lowest BCUT2D eigenvalue weighted by molar-refractivity contribution is 0.102. The summed E-state index contributed by atoms with van der Waals surface area (Å²) in [6.07, 6.45) is 1.45. The molecule has 0 spiro atoms. The predicted octanol–water partition coefficient (Wildman–Crippen LogP) is 5.24.